The Hall–Kier alpha value is -2.96. The lowest BCUT2D eigenvalue weighted by Crippen LogP contribution is -2.12. The molecule has 0 spiro atoms. The van der Waals surface area contributed by atoms with E-state index < -0.39 is 10.8 Å². The first kappa shape index (κ1) is 14.4. The molecule has 0 aliphatic heterocycles. The fourth-order valence-corrected chi connectivity index (χ4v) is 1.88. The molecule has 1 aromatic carbocycles. The lowest BCUT2D eigenvalue weighted by Gasteiger charge is -2.10. The summed E-state index contributed by atoms with van der Waals surface area (Å²) in [5.41, 5.74) is 7.50. The number of rotatable bonds is 5. The number of hydrogen-bond acceptors (Lipinski definition) is 5. The maximum atomic E-state index is 11.2. The summed E-state index contributed by atoms with van der Waals surface area (Å²) in [6, 6.07) is 5.81. The Labute approximate surface area is 121 Å². The minimum atomic E-state index is -0.631. The Morgan fingerprint density at radius 1 is 1.43 bits per heavy atom. The molecule has 0 unspecified atom stereocenters. The van der Waals surface area contributed by atoms with Gasteiger partial charge in [0.05, 0.1) is 4.92 Å². The predicted octanol–water partition coefficient (Wildman–Crippen LogP) is 2.01. The minimum absolute atomic E-state index is 0.105. The van der Waals surface area contributed by atoms with Gasteiger partial charge >= 0.3 is 0 Å². The molecule has 2 rings (SSSR count). The molecule has 0 saturated heterocycles. The van der Waals surface area contributed by atoms with Crippen molar-refractivity contribution in [2.45, 2.75) is 13.5 Å². The van der Waals surface area contributed by atoms with Crippen molar-refractivity contribution in [3.05, 3.63) is 63.5 Å². The van der Waals surface area contributed by atoms with Gasteiger partial charge in [0.15, 0.2) is 0 Å². The number of aryl methyl sites for hydroxylation is 1. The predicted molar refractivity (Wildman–Crippen MR) is 77.9 cm³/mol. The van der Waals surface area contributed by atoms with E-state index in [1.165, 1.54) is 18.2 Å². The number of nitrogens with one attached hydrogen (secondary N) is 1. The van der Waals surface area contributed by atoms with Gasteiger partial charge in [0.2, 0.25) is 5.91 Å². The van der Waals surface area contributed by atoms with Gasteiger partial charge in [-0.1, -0.05) is 0 Å². The Kier molecular flexibility index (Phi) is 4.13. The maximum Gasteiger partial charge on any atom is 0.292 e. The van der Waals surface area contributed by atoms with Crippen molar-refractivity contribution < 1.29 is 9.72 Å². The number of amides is 1. The number of anilines is 1. The molecular weight excluding hydrogens is 272 g/mol. The molecule has 0 aliphatic rings. The second-order valence-electron chi connectivity index (χ2n) is 4.51. The lowest BCUT2D eigenvalue weighted by molar-refractivity contribution is -0.384. The fraction of sp³-hybridized carbons (Fsp3) is 0.143. The largest absolute Gasteiger partial charge is 0.375 e. The average molecular weight is 286 g/mol. The van der Waals surface area contributed by atoms with Crippen molar-refractivity contribution in [1.82, 2.24) is 4.98 Å². The van der Waals surface area contributed by atoms with E-state index in [4.69, 9.17) is 5.73 Å². The van der Waals surface area contributed by atoms with Gasteiger partial charge in [0.1, 0.15) is 5.69 Å². The Morgan fingerprint density at radius 2 is 2.19 bits per heavy atom. The van der Waals surface area contributed by atoms with Crippen LogP contribution in [-0.2, 0) is 6.54 Å². The number of aromatic nitrogens is 1. The second-order valence-corrected chi connectivity index (χ2v) is 4.51. The van der Waals surface area contributed by atoms with Gasteiger partial charge < -0.3 is 11.1 Å². The van der Waals surface area contributed by atoms with Crippen LogP contribution in [0.15, 0.2) is 36.7 Å². The molecule has 1 aromatic heterocycles. The van der Waals surface area contributed by atoms with Gasteiger partial charge in [-0.15, -0.1) is 0 Å². The van der Waals surface area contributed by atoms with Crippen LogP contribution in [-0.4, -0.2) is 15.8 Å². The van der Waals surface area contributed by atoms with Gasteiger partial charge in [0.25, 0.3) is 5.69 Å². The number of hydrogen-bond donors (Lipinski definition) is 2. The number of nitrogens with zero attached hydrogens (tertiary/aromatic N) is 2. The summed E-state index contributed by atoms with van der Waals surface area (Å²) in [4.78, 5) is 25.7. The quantitative estimate of drug-likeness (QED) is 0.645. The number of carbonyl (C=O) groups excluding carboxylic acids is 1. The molecule has 0 bridgehead atoms. The normalized spacial score (nSPS) is 10.1. The molecule has 0 atom stereocenters. The van der Waals surface area contributed by atoms with Gasteiger partial charge in [0, 0.05) is 30.6 Å². The van der Waals surface area contributed by atoms with Crippen LogP contribution in [0.3, 0.4) is 0 Å². The highest BCUT2D eigenvalue weighted by molar-refractivity contribution is 5.94. The topological polar surface area (TPSA) is 111 Å². The third kappa shape index (κ3) is 3.33. The van der Waals surface area contributed by atoms with Crippen LogP contribution in [0.5, 0.6) is 0 Å². The molecule has 0 radical (unpaired) electrons. The van der Waals surface area contributed by atoms with Crippen LogP contribution >= 0.6 is 0 Å². The molecule has 7 heteroatoms. The smallest absolute Gasteiger partial charge is 0.292 e. The molecule has 2 aromatic rings. The first-order valence-corrected chi connectivity index (χ1v) is 6.20. The van der Waals surface area contributed by atoms with Crippen molar-refractivity contribution in [2.24, 2.45) is 5.73 Å². The van der Waals surface area contributed by atoms with Gasteiger partial charge in [-0.05, 0) is 36.2 Å². The van der Waals surface area contributed by atoms with Crippen LogP contribution in [0.4, 0.5) is 11.4 Å². The minimum Gasteiger partial charge on any atom is -0.375 e. The molecule has 0 aliphatic carbocycles. The van der Waals surface area contributed by atoms with E-state index in [-0.39, 0.29) is 16.9 Å². The highest BCUT2D eigenvalue weighted by Crippen LogP contribution is 2.26. The zero-order valence-corrected chi connectivity index (χ0v) is 11.4. The summed E-state index contributed by atoms with van der Waals surface area (Å²) in [6.07, 6.45) is 3.36. The van der Waals surface area contributed by atoms with Gasteiger partial charge in [-0.2, -0.15) is 0 Å². The Bertz CT molecular complexity index is 700. The van der Waals surface area contributed by atoms with Crippen molar-refractivity contribution >= 4 is 17.3 Å². The summed E-state index contributed by atoms with van der Waals surface area (Å²) in [5.74, 6) is -0.631. The number of carbonyl (C=O) groups is 1. The van der Waals surface area contributed by atoms with E-state index in [9.17, 15) is 14.9 Å². The van der Waals surface area contributed by atoms with E-state index in [0.717, 1.165) is 11.1 Å². The van der Waals surface area contributed by atoms with E-state index in [1.807, 2.05) is 13.0 Å². The first-order valence-electron chi connectivity index (χ1n) is 6.20. The molecule has 0 fully saturated rings. The summed E-state index contributed by atoms with van der Waals surface area (Å²) in [6.45, 7) is 2.29. The van der Waals surface area contributed by atoms with Gasteiger partial charge in [-0.25, -0.2) is 0 Å². The van der Waals surface area contributed by atoms with E-state index in [2.05, 4.69) is 10.3 Å². The third-order valence-electron chi connectivity index (χ3n) is 3.08. The molecule has 1 amide bonds. The molecule has 0 saturated carbocycles. The van der Waals surface area contributed by atoms with Crippen LogP contribution in [0.1, 0.15) is 21.5 Å². The molecule has 108 valence electrons. The molecule has 7 nitrogen and oxygen atoms in total. The zero-order chi connectivity index (χ0) is 15.4. The Balaban J connectivity index is 2.29. The van der Waals surface area contributed by atoms with Crippen molar-refractivity contribution in [2.75, 3.05) is 5.32 Å². The maximum absolute atomic E-state index is 11.2. The average Bonchev–Trinajstić information content (AvgIpc) is 2.46. The zero-order valence-electron chi connectivity index (χ0n) is 11.4. The van der Waals surface area contributed by atoms with Crippen LogP contribution in [0.2, 0.25) is 0 Å². The fourth-order valence-electron chi connectivity index (χ4n) is 1.88. The summed E-state index contributed by atoms with van der Waals surface area (Å²) >= 11 is 0. The van der Waals surface area contributed by atoms with Crippen molar-refractivity contribution in [1.29, 1.82) is 0 Å². The first-order chi connectivity index (χ1) is 9.99. The summed E-state index contributed by atoms with van der Waals surface area (Å²) in [5, 5.41) is 14.0. The monoisotopic (exact) mass is 286 g/mol. The number of nitro benzene ring substituents is 1. The number of primary amides is 1. The van der Waals surface area contributed by atoms with Gasteiger partial charge in [-0.3, -0.25) is 19.9 Å². The number of pyridine rings is 1. The number of benzene rings is 1. The van der Waals surface area contributed by atoms with Crippen LogP contribution in [0, 0.1) is 17.0 Å². The standard InChI is InChI=1S/C14H14N4O3/c1-9-7-16-5-4-11(9)8-17-12-6-10(14(15)19)2-3-13(12)18(20)21/h2-7,17H,8H2,1H3,(H2,15,19). The van der Waals surface area contributed by atoms with Crippen LogP contribution in [0.25, 0.3) is 0 Å². The SMILES string of the molecule is Cc1cnccc1CNc1cc(C(N)=O)ccc1[N+](=O)[O-]. The lowest BCUT2D eigenvalue weighted by atomic mass is 10.1. The molecule has 3 N–H and O–H groups in total. The van der Waals surface area contributed by atoms with Crippen molar-refractivity contribution in [3.63, 3.8) is 0 Å². The number of nitro groups is 1. The molecular formula is C14H14N4O3. The third-order valence-corrected chi connectivity index (χ3v) is 3.08. The van der Waals surface area contributed by atoms with E-state index in [1.54, 1.807) is 12.4 Å². The number of nitrogens with two attached hydrogens (primary N) is 1. The van der Waals surface area contributed by atoms with Crippen molar-refractivity contribution in [3.8, 4) is 0 Å². The molecule has 1 heterocycles. The summed E-state index contributed by atoms with van der Waals surface area (Å²) in [7, 11) is 0. The molecule has 21 heavy (non-hydrogen) atoms. The Morgan fingerprint density at radius 3 is 2.81 bits per heavy atom. The second kappa shape index (κ2) is 6.00. The highest BCUT2D eigenvalue weighted by atomic mass is 16.6. The highest BCUT2D eigenvalue weighted by Gasteiger charge is 2.15. The summed E-state index contributed by atoms with van der Waals surface area (Å²) < 4.78 is 0. The van der Waals surface area contributed by atoms with E-state index in [0.29, 0.717) is 6.54 Å². The van der Waals surface area contributed by atoms with E-state index >= 15 is 0 Å². The van der Waals surface area contributed by atoms with Crippen LogP contribution < -0.4 is 11.1 Å².